The molecule has 22 heavy (non-hydrogen) atoms. The molecule has 0 fully saturated rings. The molecular weight excluding hydrogens is 280 g/mol. The van der Waals surface area contributed by atoms with Crippen LogP contribution in [-0.4, -0.2) is 23.1 Å². The number of carbonyl (C=O) groups is 2. The van der Waals surface area contributed by atoms with Crippen LogP contribution in [0.2, 0.25) is 0 Å². The molecule has 0 aliphatic heterocycles. The first-order valence-electron chi connectivity index (χ1n) is 6.98. The van der Waals surface area contributed by atoms with Crippen LogP contribution in [0.5, 0.6) is 0 Å². The molecule has 1 atom stereocenters. The Balaban J connectivity index is 1.97. The van der Waals surface area contributed by atoms with Gasteiger partial charge in [0.15, 0.2) is 0 Å². The summed E-state index contributed by atoms with van der Waals surface area (Å²) in [6.07, 6.45) is 0.179. The molecule has 0 heterocycles. The molecule has 0 saturated carbocycles. The van der Waals surface area contributed by atoms with Crippen molar-refractivity contribution in [1.82, 2.24) is 10.8 Å². The van der Waals surface area contributed by atoms with Gasteiger partial charge in [-0.3, -0.25) is 14.8 Å². The fourth-order valence-corrected chi connectivity index (χ4v) is 2.09. The van der Waals surface area contributed by atoms with Gasteiger partial charge in [0.1, 0.15) is 6.04 Å². The summed E-state index contributed by atoms with van der Waals surface area (Å²) in [6.45, 7) is 1.50. The first kappa shape index (κ1) is 15.7. The second-order valence-electron chi connectivity index (χ2n) is 5.00. The number of hydrogen-bond donors (Lipinski definition) is 3. The molecule has 2 aromatic carbocycles. The van der Waals surface area contributed by atoms with E-state index in [2.05, 4.69) is 5.32 Å². The van der Waals surface area contributed by atoms with Gasteiger partial charge in [-0.15, -0.1) is 0 Å². The molecule has 2 amide bonds. The lowest BCUT2D eigenvalue weighted by molar-refractivity contribution is -0.134. The van der Waals surface area contributed by atoms with Gasteiger partial charge >= 0.3 is 0 Å². The summed E-state index contributed by atoms with van der Waals surface area (Å²) >= 11 is 0. The number of rotatable bonds is 5. The van der Waals surface area contributed by atoms with Crippen molar-refractivity contribution in [3.8, 4) is 11.1 Å². The zero-order chi connectivity index (χ0) is 15.9. The average molecular weight is 298 g/mol. The first-order chi connectivity index (χ1) is 10.6. The number of hydroxylamine groups is 1. The van der Waals surface area contributed by atoms with Crippen LogP contribution in [0.15, 0.2) is 54.6 Å². The Bertz CT molecular complexity index is 639. The SMILES string of the molecule is C[C@H](NC(=O)Cc1ccc(-c2ccccc2)cc1)C(=O)NO. The molecule has 2 rings (SSSR count). The summed E-state index contributed by atoms with van der Waals surface area (Å²) in [4.78, 5) is 23.0. The Morgan fingerprint density at radius 2 is 1.59 bits per heavy atom. The van der Waals surface area contributed by atoms with Crippen LogP contribution in [0.1, 0.15) is 12.5 Å². The number of amides is 2. The highest BCUT2D eigenvalue weighted by Crippen LogP contribution is 2.19. The van der Waals surface area contributed by atoms with Crippen molar-refractivity contribution in [2.45, 2.75) is 19.4 Å². The molecule has 0 unspecified atom stereocenters. The van der Waals surface area contributed by atoms with E-state index in [1.54, 1.807) is 0 Å². The third-order valence-corrected chi connectivity index (χ3v) is 3.31. The van der Waals surface area contributed by atoms with Crippen molar-refractivity contribution >= 4 is 11.8 Å². The zero-order valence-electron chi connectivity index (χ0n) is 12.2. The smallest absolute Gasteiger partial charge is 0.265 e. The number of benzene rings is 2. The maximum Gasteiger partial charge on any atom is 0.265 e. The van der Waals surface area contributed by atoms with Crippen LogP contribution in [0, 0.1) is 0 Å². The predicted molar refractivity (Wildman–Crippen MR) is 83.1 cm³/mol. The lowest BCUT2D eigenvalue weighted by Crippen LogP contribution is -2.44. The van der Waals surface area contributed by atoms with E-state index >= 15 is 0 Å². The Morgan fingerprint density at radius 1 is 1.00 bits per heavy atom. The number of carbonyl (C=O) groups excluding carboxylic acids is 2. The van der Waals surface area contributed by atoms with E-state index in [9.17, 15) is 9.59 Å². The Morgan fingerprint density at radius 3 is 2.18 bits per heavy atom. The minimum Gasteiger partial charge on any atom is -0.344 e. The first-order valence-corrected chi connectivity index (χ1v) is 6.98. The molecular formula is C17H18N2O3. The van der Waals surface area contributed by atoms with E-state index in [0.717, 1.165) is 16.7 Å². The minimum absolute atomic E-state index is 0.179. The maximum absolute atomic E-state index is 11.8. The molecule has 114 valence electrons. The second-order valence-corrected chi connectivity index (χ2v) is 5.00. The normalized spacial score (nSPS) is 11.5. The molecule has 2 aromatic rings. The van der Waals surface area contributed by atoms with Crippen molar-refractivity contribution in [3.05, 3.63) is 60.2 Å². The van der Waals surface area contributed by atoms with Gasteiger partial charge < -0.3 is 5.32 Å². The van der Waals surface area contributed by atoms with Gasteiger partial charge in [0, 0.05) is 0 Å². The molecule has 0 saturated heterocycles. The van der Waals surface area contributed by atoms with Gasteiger partial charge in [0.2, 0.25) is 5.91 Å². The highest BCUT2D eigenvalue weighted by Gasteiger charge is 2.14. The van der Waals surface area contributed by atoms with E-state index in [0.29, 0.717) is 0 Å². The van der Waals surface area contributed by atoms with E-state index in [-0.39, 0.29) is 12.3 Å². The zero-order valence-corrected chi connectivity index (χ0v) is 12.2. The summed E-state index contributed by atoms with van der Waals surface area (Å²) in [5, 5.41) is 11.0. The molecule has 5 nitrogen and oxygen atoms in total. The highest BCUT2D eigenvalue weighted by atomic mass is 16.5. The monoisotopic (exact) mass is 298 g/mol. The van der Waals surface area contributed by atoms with Crippen LogP contribution >= 0.6 is 0 Å². The molecule has 0 bridgehead atoms. The lowest BCUT2D eigenvalue weighted by atomic mass is 10.0. The maximum atomic E-state index is 11.8. The van der Waals surface area contributed by atoms with Crippen LogP contribution in [0.3, 0.4) is 0 Å². The Hall–Kier alpha value is -2.66. The lowest BCUT2D eigenvalue weighted by Gasteiger charge is -2.11. The molecule has 0 aliphatic rings. The van der Waals surface area contributed by atoms with Gasteiger partial charge in [-0.25, -0.2) is 5.48 Å². The number of hydrogen-bond acceptors (Lipinski definition) is 3. The van der Waals surface area contributed by atoms with Gasteiger partial charge in [-0.1, -0.05) is 54.6 Å². The number of nitrogens with one attached hydrogen (secondary N) is 2. The fraction of sp³-hybridized carbons (Fsp3) is 0.176. The summed E-state index contributed by atoms with van der Waals surface area (Å²) in [5.41, 5.74) is 4.56. The van der Waals surface area contributed by atoms with E-state index < -0.39 is 11.9 Å². The summed E-state index contributed by atoms with van der Waals surface area (Å²) in [5.74, 6) is -0.920. The molecule has 3 N–H and O–H groups in total. The van der Waals surface area contributed by atoms with Crippen molar-refractivity contribution < 1.29 is 14.8 Å². The third kappa shape index (κ3) is 4.17. The standard InChI is InChI=1S/C17H18N2O3/c1-12(17(21)19-22)18-16(20)11-13-7-9-15(10-8-13)14-5-3-2-4-6-14/h2-10,12,22H,11H2,1H3,(H,18,20)(H,19,21)/t12-/m0/s1. The molecule has 0 aliphatic carbocycles. The molecule has 5 heteroatoms. The van der Waals surface area contributed by atoms with E-state index in [1.807, 2.05) is 54.6 Å². The van der Waals surface area contributed by atoms with Crippen molar-refractivity contribution in [2.24, 2.45) is 0 Å². The Kier molecular flexibility index (Phi) is 5.27. The topological polar surface area (TPSA) is 78.4 Å². The second kappa shape index (κ2) is 7.38. The van der Waals surface area contributed by atoms with Crippen molar-refractivity contribution in [2.75, 3.05) is 0 Å². The third-order valence-electron chi connectivity index (χ3n) is 3.31. The van der Waals surface area contributed by atoms with Crippen LogP contribution in [0.25, 0.3) is 11.1 Å². The van der Waals surface area contributed by atoms with Gasteiger partial charge in [0.25, 0.3) is 5.91 Å². The van der Waals surface area contributed by atoms with Crippen LogP contribution in [-0.2, 0) is 16.0 Å². The average Bonchev–Trinajstić information content (AvgIpc) is 2.55. The Labute approximate surface area is 128 Å². The summed E-state index contributed by atoms with van der Waals surface area (Å²) < 4.78 is 0. The molecule has 0 spiro atoms. The predicted octanol–water partition coefficient (Wildman–Crippen LogP) is 1.91. The van der Waals surface area contributed by atoms with Crippen LogP contribution in [0.4, 0.5) is 0 Å². The minimum atomic E-state index is -0.777. The van der Waals surface area contributed by atoms with Crippen molar-refractivity contribution in [1.29, 1.82) is 0 Å². The molecule has 0 aromatic heterocycles. The highest BCUT2D eigenvalue weighted by molar-refractivity contribution is 5.87. The van der Waals surface area contributed by atoms with E-state index in [4.69, 9.17) is 5.21 Å². The quantitative estimate of drug-likeness (QED) is 0.583. The largest absolute Gasteiger partial charge is 0.344 e. The van der Waals surface area contributed by atoms with Crippen molar-refractivity contribution in [3.63, 3.8) is 0 Å². The van der Waals surface area contributed by atoms with Gasteiger partial charge in [-0.2, -0.15) is 0 Å². The van der Waals surface area contributed by atoms with Crippen LogP contribution < -0.4 is 10.8 Å². The van der Waals surface area contributed by atoms with E-state index in [1.165, 1.54) is 12.4 Å². The molecule has 0 radical (unpaired) electrons. The summed E-state index contributed by atoms with van der Waals surface area (Å²) in [6, 6.07) is 16.9. The summed E-state index contributed by atoms with van der Waals surface area (Å²) in [7, 11) is 0. The fourth-order valence-electron chi connectivity index (χ4n) is 2.09. The van der Waals surface area contributed by atoms with Gasteiger partial charge in [0.05, 0.1) is 6.42 Å². The van der Waals surface area contributed by atoms with Gasteiger partial charge in [-0.05, 0) is 23.6 Å².